The number of hydrogen-bond donors (Lipinski definition) is 1. The first-order chi connectivity index (χ1) is 14.9. The molecule has 6 heteroatoms. The molecule has 2 rings (SSSR count). The third-order valence-corrected chi connectivity index (χ3v) is 5.28. The lowest BCUT2D eigenvalue weighted by Crippen LogP contribution is -2.49. The molecule has 0 aliphatic carbocycles. The van der Waals surface area contributed by atoms with Crippen LogP contribution in [0.5, 0.6) is 5.75 Å². The van der Waals surface area contributed by atoms with Gasteiger partial charge in [-0.25, -0.2) is 0 Å². The summed E-state index contributed by atoms with van der Waals surface area (Å²) in [5.74, 6) is 0.630. The summed E-state index contributed by atoms with van der Waals surface area (Å²) < 4.78 is 5.75. The molecule has 0 aliphatic heterocycles. The highest BCUT2D eigenvalue weighted by atomic mass is 35.5. The fraction of sp³-hybridized carbons (Fsp3) is 0.440. The molecular weight excluding hydrogens is 412 g/mol. The molecule has 0 spiro atoms. The Morgan fingerprint density at radius 1 is 1.06 bits per heavy atom. The fourth-order valence-corrected chi connectivity index (χ4v) is 3.39. The number of carbonyl (C=O) groups is 2. The summed E-state index contributed by atoms with van der Waals surface area (Å²) in [4.78, 5) is 27.5. The predicted octanol–water partition coefficient (Wildman–Crippen LogP) is 5.14. The summed E-state index contributed by atoms with van der Waals surface area (Å²) in [7, 11) is 0. The maximum absolute atomic E-state index is 13.1. The van der Waals surface area contributed by atoms with Crippen LogP contribution < -0.4 is 10.1 Å². The van der Waals surface area contributed by atoms with Crippen LogP contribution in [0, 0.1) is 6.92 Å². The van der Waals surface area contributed by atoms with Gasteiger partial charge in [-0.3, -0.25) is 9.59 Å². The van der Waals surface area contributed by atoms with Gasteiger partial charge in [0.25, 0.3) is 0 Å². The van der Waals surface area contributed by atoms with Crippen molar-refractivity contribution >= 4 is 23.4 Å². The zero-order chi connectivity index (χ0) is 22.6. The van der Waals surface area contributed by atoms with Gasteiger partial charge in [-0.2, -0.15) is 0 Å². The zero-order valence-corrected chi connectivity index (χ0v) is 19.5. The Balaban J connectivity index is 2.02. The molecule has 0 unspecified atom stereocenters. The number of amides is 2. The lowest BCUT2D eigenvalue weighted by Gasteiger charge is -2.30. The Morgan fingerprint density at radius 2 is 1.74 bits per heavy atom. The minimum absolute atomic E-state index is 0.0547. The third-order valence-electron chi connectivity index (χ3n) is 5.03. The van der Waals surface area contributed by atoms with Crippen molar-refractivity contribution in [1.82, 2.24) is 10.2 Å². The van der Waals surface area contributed by atoms with E-state index in [1.54, 1.807) is 17.0 Å². The lowest BCUT2D eigenvalue weighted by atomic mass is 10.1. The van der Waals surface area contributed by atoms with E-state index in [-0.39, 0.29) is 11.8 Å². The topological polar surface area (TPSA) is 58.6 Å². The second kappa shape index (κ2) is 13.0. The van der Waals surface area contributed by atoms with Crippen molar-refractivity contribution in [1.29, 1.82) is 0 Å². The van der Waals surface area contributed by atoms with Crippen LogP contribution in [0.3, 0.4) is 0 Å². The smallest absolute Gasteiger partial charge is 0.242 e. The van der Waals surface area contributed by atoms with Crippen LogP contribution in [0.25, 0.3) is 0 Å². The van der Waals surface area contributed by atoms with Gasteiger partial charge in [0.2, 0.25) is 11.8 Å². The maximum atomic E-state index is 13.1. The van der Waals surface area contributed by atoms with Crippen LogP contribution in [0.4, 0.5) is 0 Å². The first-order valence-corrected chi connectivity index (χ1v) is 11.3. The number of nitrogens with zero attached hydrogens (tertiary/aromatic N) is 1. The minimum atomic E-state index is -0.507. The molecule has 0 saturated carbocycles. The van der Waals surface area contributed by atoms with E-state index in [2.05, 4.69) is 5.32 Å². The van der Waals surface area contributed by atoms with Crippen molar-refractivity contribution in [2.45, 2.75) is 59.0 Å². The van der Waals surface area contributed by atoms with Crippen molar-refractivity contribution in [3.8, 4) is 5.75 Å². The SMILES string of the molecule is CCCNC(=O)[C@@H](CC)N(Cc1ccc(Cl)cc1)C(=O)CCCOc1ccc(C)cc1. The van der Waals surface area contributed by atoms with Gasteiger partial charge in [0.1, 0.15) is 11.8 Å². The number of benzene rings is 2. The number of ether oxygens (including phenoxy) is 1. The Kier molecular flexibility index (Phi) is 10.4. The third kappa shape index (κ3) is 8.25. The highest BCUT2D eigenvalue weighted by molar-refractivity contribution is 6.30. The van der Waals surface area contributed by atoms with E-state index < -0.39 is 6.04 Å². The highest BCUT2D eigenvalue weighted by Gasteiger charge is 2.28. The summed E-state index contributed by atoms with van der Waals surface area (Å²) in [6, 6.07) is 14.7. The van der Waals surface area contributed by atoms with Crippen LogP contribution in [0.15, 0.2) is 48.5 Å². The van der Waals surface area contributed by atoms with Gasteiger partial charge in [-0.1, -0.05) is 55.3 Å². The van der Waals surface area contributed by atoms with Gasteiger partial charge in [-0.15, -0.1) is 0 Å². The molecule has 0 heterocycles. The highest BCUT2D eigenvalue weighted by Crippen LogP contribution is 2.17. The Labute approximate surface area is 190 Å². The largest absolute Gasteiger partial charge is 0.494 e. The van der Waals surface area contributed by atoms with Crippen molar-refractivity contribution in [3.63, 3.8) is 0 Å². The van der Waals surface area contributed by atoms with E-state index in [1.165, 1.54) is 5.56 Å². The average Bonchev–Trinajstić information content (AvgIpc) is 2.77. The van der Waals surface area contributed by atoms with Crippen LogP contribution in [-0.2, 0) is 16.1 Å². The molecule has 31 heavy (non-hydrogen) atoms. The number of rotatable bonds is 12. The quantitative estimate of drug-likeness (QED) is 0.461. The predicted molar refractivity (Wildman–Crippen MR) is 125 cm³/mol. The van der Waals surface area contributed by atoms with Crippen LogP contribution in [0.2, 0.25) is 5.02 Å². The molecule has 0 aliphatic rings. The lowest BCUT2D eigenvalue weighted by molar-refractivity contribution is -0.141. The molecule has 2 amide bonds. The standard InChI is InChI=1S/C25H33ClN2O3/c1-4-16-27-25(30)23(5-2)28(18-20-10-12-21(26)13-11-20)24(29)7-6-17-31-22-14-8-19(3)9-15-22/h8-15,23H,4-7,16-18H2,1-3H3,(H,27,30)/t23-/m1/s1. The van der Waals surface area contributed by atoms with Crippen LogP contribution in [0.1, 0.15) is 50.7 Å². The average molecular weight is 445 g/mol. The normalized spacial score (nSPS) is 11.6. The number of nitrogens with one attached hydrogen (secondary N) is 1. The van der Waals surface area contributed by atoms with Gasteiger partial charge in [0, 0.05) is 24.5 Å². The van der Waals surface area contributed by atoms with E-state index in [4.69, 9.17) is 16.3 Å². The van der Waals surface area contributed by atoms with E-state index in [9.17, 15) is 9.59 Å². The summed E-state index contributed by atoms with van der Waals surface area (Å²) in [5.41, 5.74) is 2.11. The van der Waals surface area contributed by atoms with E-state index in [0.717, 1.165) is 17.7 Å². The van der Waals surface area contributed by atoms with Crippen molar-refractivity contribution in [3.05, 3.63) is 64.7 Å². The fourth-order valence-electron chi connectivity index (χ4n) is 3.26. The van der Waals surface area contributed by atoms with Crippen LogP contribution >= 0.6 is 11.6 Å². The number of halogens is 1. The Bertz CT molecular complexity index is 822. The molecular formula is C25H33ClN2O3. The summed E-state index contributed by atoms with van der Waals surface area (Å²) in [6.45, 7) is 7.38. The summed E-state index contributed by atoms with van der Waals surface area (Å²) in [6.07, 6.45) is 2.30. The molecule has 1 atom stereocenters. The van der Waals surface area contributed by atoms with Gasteiger partial charge >= 0.3 is 0 Å². The number of aryl methyl sites for hydroxylation is 1. The molecule has 168 valence electrons. The molecule has 0 aromatic heterocycles. The van der Waals surface area contributed by atoms with Crippen molar-refractivity contribution in [2.24, 2.45) is 0 Å². The van der Waals surface area contributed by atoms with Crippen molar-refractivity contribution in [2.75, 3.05) is 13.2 Å². The molecule has 0 saturated heterocycles. The van der Waals surface area contributed by atoms with E-state index in [1.807, 2.05) is 57.2 Å². The van der Waals surface area contributed by atoms with Crippen molar-refractivity contribution < 1.29 is 14.3 Å². The first kappa shape index (κ1) is 24.7. The molecule has 0 radical (unpaired) electrons. The maximum Gasteiger partial charge on any atom is 0.242 e. The number of hydrogen-bond acceptors (Lipinski definition) is 3. The molecule has 0 bridgehead atoms. The van der Waals surface area contributed by atoms with Gasteiger partial charge in [0.05, 0.1) is 6.61 Å². The molecule has 2 aromatic carbocycles. The van der Waals surface area contributed by atoms with Gasteiger partial charge in [-0.05, 0) is 56.0 Å². The second-order valence-corrected chi connectivity index (χ2v) is 8.06. The number of carbonyl (C=O) groups excluding carboxylic acids is 2. The molecule has 1 N–H and O–H groups in total. The zero-order valence-electron chi connectivity index (χ0n) is 18.7. The Hall–Kier alpha value is -2.53. The first-order valence-electron chi connectivity index (χ1n) is 11.0. The molecule has 0 fully saturated rings. The van der Waals surface area contributed by atoms with Crippen LogP contribution in [-0.4, -0.2) is 35.9 Å². The summed E-state index contributed by atoms with van der Waals surface area (Å²) in [5, 5.41) is 3.57. The second-order valence-electron chi connectivity index (χ2n) is 7.63. The van der Waals surface area contributed by atoms with Gasteiger partial charge < -0.3 is 15.0 Å². The minimum Gasteiger partial charge on any atom is -0.494 e. The molecule has 5 nitrogen and oxygen atoms in total. The summed E-state index contributed by atoms with van der Waals surface area (Å²) >= 11 is 5.99. The monoisotopic (exact) mass is 444 g/mol. The Morgan fingerprint density at radius 3 is 2.35 bits per heavy atom. The van der Waals surface area contributed by atoms with E-state index in [0.29, 0.717) is 44.0 Å². The molecule has 2 aromatic rings. The van der Waals surface area contributed by atoms with Gasteiger partial charge in [0.15, 0.2) is 0 Å². The van der Waals surface area contributed by atoms with E-state index >= 15 is 0 Å².